The van der Waals surface area contributed by atoms with E-state index in [1.165, 1.54) is 0 Å². The average Bonchev–Trinajstić information content (AvgIpc) is 2.18. The van der Waals surface area contributed by atoms with E-state index in [0.717, 1.165) is 22.0 Å². The van der Waals surface area contributed by atoms with Crippen molar-refractivity contribution in [1.82, 2.24) is 9.97 Å². The maximum absolute atomic E-state index is 4.38. The Labute approximate surface area is 88.4 Å². The van der Waals surface area contributed by atoms with E-state index in [2.05, 4.69) is 22.6 Å². The van der Waals surface area contributed by atoms with E-state index in [9.17, 15) is 0 Å². The minimum absolute atomic E-state index is 0.777. The highest BCUT2D eigenvalue weighted by Crippen LogP contribution is 2.23. The Bertz CT molecular complexity index is 455. The first kappa shape index (κ1) is 9.21. The molecule has 0 saturated carbocycles. The van der Waals surface area contributed by atoms with E-state index in [0.29, 0.717) is 0 Å². The van der Waals surface area contributed by atoms with Gasteiger partial charge in [0, 0.05) is 16.7 Å². The van der Waals surface area contributed by atoms with Crippen molar-refractivity contribution in [3.05, 3.63) is 42.4 Å². The third kappa shape index (κ3) is 1.77. The molecule has 0 fully saturated rings. The highest BCUT2D eigenvalue weighted by Gasteiger charge is 2.02. The number of nitrogens with zero attached hydrogens (tertiary/aromatic N) is 2. The summed E-state index contributed by atoms with van der Waals surface area (Å²) in [6.07, 6.45) is 1.76. The van der Waals surface area contributed by atoms with E-state index in [1.54, 1.807) is 6.20 Å². The summed E-state index contributed by atoms with van der Waals surface area (Å²) in [4.78, 5) is 9.34. The normalized spacial score (nSPS) is 10.1. The fourth-order valence-electron chi connectivity index (χ4n) is 1.30. The Morgan fingerprint density at radius 3 is 2.64 bits per heavy atom. The number of aryl methyl sites for hydroxylation is 1. The Hall–Kier alpha value is -1.35. The first-order valence-corrected chi connectivity index (χ1v) is 4.80. The first-order valence-electron chi connectivity index (χ1n) is 4.35. The van der Waals surface area contributed by atoms with E-state index in [4.69, 9.17) is 0 Å². The molecule has 0 amide bonds. The lowest BCUT2D eigenvalue weighted by atomic mass is 10.1. The fraction of sp³-hybridized carbons (Fsp3) is 0.0909. The van der Waals surface area contributed by atoms with Crippen molar-refractivity contribution in [1.29, 1.82) is 0 Å². The molecular weight excluding hydrogens is 192 g/mol. The molecule has 2 nitrogen and oxygen atoms in total. The predicted molar refractivity (Wildman–Crippen MR) is 59.5 cm³/mol. The maximum atomic E-state index is 4.38. The van der Waals surface area contributed by atoms with Crippen molar-refractivity contribution in [2.75, 3.05) is 0 Å². The van der Waals surface area contributed by atoms with Gasteiger partial charge in [0.1, 0.15) is 5.82 Å². The molecule has 2 aromatic rings. The maximum Gasteiger partial charge on any atom is 0.125 e. The summed E-state index contributed by atoms with van der Waals surface area (Å²) in [5.74, 6) is 0.777. The Kier molecular flexibility index (Phi) is 2.50. The summed E-state index contributed by atoms with van der Waals surface area (Å²) >= 11 is 4.38. The monoisotopic (exact) mass is 202 g/mol. The molecule has 0 atom stereocenters. The second-order valence-corrected chi connectivity index (χ2v) is 3.49. The Balaban J connectivity index is 2.55. The zero-order valence-electron chi connectivity index (χ0n) is 7.81. The summed E-state index contributed by atoms with van der Waals surface area (Å²) < 4.78 is 0. The highest BCUT2D eigenvalue weighted by molar-refractivity contribution is 7.80. The van der Waals surface area contributed by atoms with Crippen LogP contribution < -0.4 is 0 Å². The molecule has 0 aliphatic carbocycles. The van der Waals surface area contributed by atoms with Gasteiger partial charge in [-0.05, 0) is 19.1 Å². The zero-order valence-corrected chi connectivity index (χ0v) is 8.70. The summed E-state index contributed by atoms with van der Waals surface area (Å²) in [6.45, 7) is 1.88. The standard InChI is InChI=1S/C11H10N2S/c1-8-12-7-6-10(13-8)9-4-2-3-5-11(9)14/h2-7,14H,1H3. The molecule has 3 heteroatoms. The van der Waals surface area contributed by atoms with Crippen molar-refractivity contribution in [3.8, 4) is 11.3 Å². The van der Waals surface area contributed by atoms with Crippen LogP contribution in [-0.4, -0.2) is 9.97 Å². The van der Waals surface area contributed by atoms with Gasteiger partial charge in [-0.15, -0.1) is 12.6 Å². The van der Waals surface area contributed by atoms with Gasteiger partial charge >= 0.3 is 0 Å². The third-order valence-corrected chi connectivity index (χ3v) is 2.35. The van der Waals surface area contributed by atoms with Gasteiger partial charge in [-0.1, -0.05) is 18.2 Å². The summed E-state index contributed by atoms with van der Waals surface area (Å²) in [5.41, 5.74) is 1.96. The minimum atomic E-state index is 0.777. The van der Waals surface area contributed by atoms with Gasteiger partial charge in [0.05, 0.1) is 5.69 Å². The molecular formula is C11H10N2S. The molecule has 0 saturated heterocycles. The van der Waals surface area contributed by atoms with Crippen LogP contribution in [0.3, 0.4) is 0 Å². The number of thiol groups is 1. The van der Waals surface area contributed by atoms with Gasteiger partial charge in [-0.3, -0.25) is 0 Å². The van der Waals surface area contributed by atoms with Gasteiger partial charge in [-0.25, -0.2) is 9.97 Å². The van der Waals surface area contributed by atoms with Crippen LogP contribution in [-0.2, 0) is 0 Å². The second-order valence-electron chi connectivity index (χ2n) is 3.01. The van der Waals surface area contributed by atoms with Crippen molar-refractivity contribution in [3.63, 3.8) is 0 Å². The van der Waals surface area contributed by atoms with E-state index in [-0.39, 0.29) is 0 Å². The fourth-order valence-corrected chi connectivity index (χ4v) is 1.57. The molecule has 70 valence electrons. The van der Waals surface area contributed by atoms with E-state index in [1.807, 2.05) is 37.3 Å². The van der Waals surface area contributed by atoms with Gasteiger partial charge in [0.2, 0.25) is 0 Å². The van der Waals surface area contributed by atoms with E-state index >= 15 is 0 Å². The predicted octanol–water partition coefficient (Wildman–Crippen LogP) is 2.74. The summed E-state index contributed by atoms with van der Waals surface area (Å²) in [7, 11) is 0. The minimum Gasteiger partial charge on any atom is -0.242 e. The van der Waals surface area contributed by atoms with Crippen LogP contribution in [0, 0.1) is 6.92 Å². The summed E-state index contributed by atoms with van der Waals surface area (Å²) in [5, 5.41) is 0. The topological polar surface area (TPSA) is 25.8 Å². The molecule has 0 N–H and O–H groups in total. The number of aromatic nitrogens is 2. The molecule has 1 aromatic heterocycles. The molecule has 1 heterocycles. The zero-order chi connectivity index (χ0) is 9.97. The van der Waals surface area contributed by atoms with Crippen molar-refractivity contribution in [2.45, 2.75) is 11.8 Å². The average molecular weight is 202 g/mol. The molecule has 0 unspecified atom stereocenters. The number of rotatable bonds is 1. The molecule has 1 aromatic carbocycles. The molecule has 0 aliphatic rings. The number of benzene rings is 1. The Morgan fingerprint density at radius 1 is 1.14 bits per heavy atom. The molecule has 0 spiro atoms. The molecule has 2 rings (SSSR count). The largest absolute Gasteiger partial charge is 0.242 e. The van der Waals surface area contributed by atoms with Crippen LogP contribution in [0.25, 0.3) is 11.3 Å². The lowest BCUT2D eigenvalue weighted by Crippen LogP contribution is -1.90. The van der Waals surface area contributed by atoms with Crippen LogP contribution >= 0.6 is 12.6 Å². The van der Waals surface area contributed by atoms with Gasteiger partial charge in [0.15, 0.2) is 0 Å². The lowest BCUT2D eigenvalue weighted by Gasteiger charge is -2.03. The third-order valence-electron chi connectivity index (χ3n) is 1.96. The molecule has 14 heavy (non-hydrogen) atoms. The van der Waals surface area contributed by atoms with Crippen molar-refractivity contribution in [2.24, 2.45) is 0 Å². The first-order chi connectivity index (χ1) is 6.77. The van der Waals surface area contributed by atoms with Gasteiger partial charge in [0.25, 0.3) is 0 Å². The van der Waals surface area contributed by atoms with Gasteiger partial charge < -0.3 is 0 Å². The highest BCUT2D eigenvalue weighted by atomic mass is 32.1. The van der Waals surface area contributed by atoms with Crippen molar-refractivity contribution >= 4 is 12.6 Å². The number of hydrogen-bond donors (Lipinski definition) is 1. The SMILES string of the molecule is Cc1nccc(-c2ccccc2S)n1. The Morgan fingerprint density at radius 2 is 1.93 bits per heavy atom. The smallest absolute Gasteiger partial charge is 0.125 e. The summed E-state index contributed by atoms with van der Waals surface area (Å²) in [6, 6.07) is 9.79. The quantitative estimate of drug-likeness (QED) is 0.719. The van der Waals surface area contributed by atoms with Crippen LogP contribution in [0.2, 0.25) is 0 Å². The lowest BCUT2D eigenvalue weighted by molar-refractivity contribution is 1.05. The molecule has 0 aliphatic heterocycles. The van der Waals surface area contributed by atoms with Crippen molar-refractivity contribution < 1.29 is 0 Å². The number of hydrogen-bond acceptors (Lipinski definition) is 3. The van der Waals surface area contributed by atoms with Crippen LogP contribution in [0.1, 0.15) is 5.82 Å². The van der Waals surface area contributed by atoms with Crippen LogP contribution in [0.5, 0.6) is 0 Å². The van der Waals surface area contributed by atoms with Gasteiger partial charge in [-0.2, -0.15) is 0 Å². The van der Waals surface area contributed by atoms with Crippen LogP contribution in [0.15, 0.2) is 41.4 Å². The van der Waals surface area contributed by atoms with E-state index < -0.39 is 0 Å². The van der Waals surface area contributed by atoms with Crippen LogP contribution in [0.4, 0.5) is 0 Å². The molecule has 0 radical (unpaired) electrons. The second kappa shape index (κ2) is 3.80. The molecule has 0 bridgehead atoms.